The number of carbonyl (C=O) groups excluding carboxylic acids is 1. The van der Waals surface area contributed by atoms with Crippen molar-refractivity contribution in [1.29, 1.82) is 0 Å². The maximum atomic E-state index is 12.4. The van der Waals surface area contributed by atoms with Crippen molar-refractivity contribution in [2.45, 2.75) is 18.4 Å². The van der Waals surface area contributed by atoms with E-state index in [1.807, 2.05) is 43.3 Å². The summed E-state index contributed by atoms with van der Waals surface area (Å²) in [5.41, 5.74) is 3.45. The van der Waals surface area contributed by atoms with Gasteiger partial charge in [0.1, 0.15) is 0 Å². The maximum Gasteiger partial charge on any atom is 0.338 e. The molecule has 0 aliphatic carbocycles. The fraction of sp³-hybridized carbons (Fsp3) is 0.235. The number of rotatable bonds is 5. The molecule has 0 aromatic heterocycles. The molecule has 0 spiro atoms. The van der Waals surface area contributed by atoms with Crippen molar-refractivity contribution in [3.8, 4) is 0 Å². The van der Waals surface area contributed by atoms with E-state index in [9.17, 15) is 9.00 Å². The SMILES string of the molecule is COC(=O)c1ccccc1CS(=O)Cc1ccccc1C. The summed E-state index contributed by atoms with van der Waals surface area (Å²) in [5.74, 6) is 0.445. The number of ether oxygens (including phenoxy) is 1. The highest BCUT2D eigenvalue weighted by Crippen LogP contribution is 2.16. The van der Waals surface area contributed by atoms with E-state index in [1.165, 1.54) is 7.11 Å². The second kappa shape index (κ2) is 7.18. The maximum absolute atomic E-state index is 12.4. The second-order valence-electron chi connectivity index (χ2n) is 4.80. The van der Waals surface area contributed by atoms with Crippen molar-refractivity contribution in [3.05, 3.63) is 70.8 Å². The summed E-state index contributed by atoms with van der Waals surface area (Å²) in [6, 6.07) is 15.0. The zero-order chi connectivity index (χ0) is 15.2. The van der Waals surface area contributed by atoms with Crippen molar-refractivity contribution in [2.75, 3.05) is 7.11 Å². The normalized spacial score (nSPS) is 11.9. The Kier molecular flexibility index (Phi) is 5.28. The number of esters is 1. The molecule has 2 aromatic rings. The van der Waals surface area contributed by atoms with E-state index < -0.39 is 16.8 Å². The van der Waals surface area contributed by atoms with Crippen LogP contribution in [-0.2, 0) is 27.0 Å². The summed E-state index contributed by atoms with van der Waals surface area (Å²) in [5, 5.41) is 0. The smallest absolute Gasteiger partial charge is 0.338 e. The van der Waals surface area contributed by atoms with E-state index >= 15 is 0 Å². The molecule has 0 bridgehead atoms. The summed E-state index contributed by atoms with van der Waals surface area (Å²) in [7, 11) is 0.282. The first-order chi connectivity index (χ1) is 10.1. The predicted molar refractivity (Wildman–Crippen MR) is 84.5 cm³/mol. The van der Waals surface area contributed by atoms with Gasteiger partial charge < -0.3 is 4.74 Å². The molecular weight excluding hydrogens is 284 g/mol. The first-order valence-corrected chi connectivity index (χ1v) is 8.16. The Bertz CT molecular complexity index is 665. The first-order valence-electron chi connectivity index (χ1n) is 6.67. The molecule has 0 radical (unpaired) electrons. The van der Waals surface area contributed by atoms with Crippen LogP contribution in [0, 0.1) is 6.92 Å². The van der Waals surface area contributed by atoms with Gasteiger partial charge in [0.15, 0.2) is 0 Å². The molecule has 0 heterocycles. The van der Waals surface area contributed by atoms with E-state index in [-0.39, 0.29) is 0 Å². The molecule has 2 aromatic carbocycles. The van der Waals surface area contributed by atoms with Crippen LogP contribution in [0.3, 0.4) is 0 Å². The Morgan fingerprint density at radius 3 is 2.24 bits per heavy atom. The highest BCUT2D eigenvalue weighted by Gasteiger charge is 2.13. The number of hydrogen-bond acceptors (Lipinski definition) is 3. The number of methoxy groups -OCH3 is 1. The Balaban J connectivity index is 2.14. The minimum Gasteiger partial charge on any atom is -0.465 e. The average molecular weight is 302 g/mol. The van der Waals surface area contributed by atoms with Crippen LogP contribution in [0.2, 0.25) is 0 Å². The molecule has 0 aliphatic heterocycles. The summed E-state index contributed by atoms with van der Waals surface area (Å²) >= 11 is 0. The van der Waals surface area contributed by atoms with Crippen molar-refractivity contribution < 1.29 is 13.7 Å². The van der Waals surface area contributed by atoms with Gasteiger partial charge in [-0.3, -0.25) is 4.21 Å². The Hall–Kier alpha value is -1.94. The van der Waals surface area contributed by atoms with Crippen LogP contribution in [0.5, 0.6) is 0 Å². The zero-order valence-corrected chi connectivity index (χ0v) is 13.0. The zero-order valence-electron chi connectivity index (χ0n) is 12.2. The number of hydrogen-bond donors (Lipinski definition) is 0. The Morgan fingerprint density at radius 1 is 1.00 bits per heavy atom. The molecule has 2 rings (SSSR count). The lowest BCUT2D eigenvalue weighted by atomic mass is 10.1. The van der Waals surface area contributed by atoms with Gasteiger partial charge in [0.25, 0.3) is 0 Å². The van der Waals surface area contributed by atoms with Crippen LogP contribution in [0.4, 0.5) is 0 Å². The van der Waals surface area contributed by atoms with E-state index in [0.29, 0.717) is 17.1 Å². The van der Waals surface area contributed by atoms with Crippen LogP contribution < -0.4 is 0 Å². The lowest BCUT2D eigenvalue weighted by molar-refractivity contribution is 0.0600. The van der Waals surface area contributed by atoms with Crippen molar-refractivity contribution in [2.24, 2.45) is 0 Å². The number of carbonyl (C=O) groups is 1. The Labute approximate surface area is 127 Å². The number of benzene rings is 2. The summed E-state index contributed by atoms with van der Waals surface area (Å²) < 4.78 is 17.1. The van der Waals surface area contributed by atoms with E-state index in [0.717, 1.165) is 16.7 Å². The molecule has 0 aliphatic rings. The largest absolute Gasteiger partial charge is 0.465 e. The standard InChI is InChI=1S/C17H18O3S/c1-13-7-3-4-8-14(13)11-21(19)12-15-9-5-6-10-16(15)17(18)20-2/h3-10H,11-12H2,1-2H3. The number of aryl methyl sites for hydroxylation is 1. The minimum absolute atomic E-state index is 0.347. The van der Waals surface area contributed by atoms with Gasteiger partial charge in [0, 0.05) is 22.3 Å². The summed E-state index contributed by atoms with van der Waals surface area (Å²) in [6.07, 6.45) is 0. The molecule has 1 atom stereocenters. The van der Waals surface area contributed by atoms with Gasteiger partial charge in [-0.2, -0.15) is 0 Å². The van der Waals surface area contributed by atoms with E-state index in [1.54, 1.807) is 12.1 Å². The van der Waals surface area contributed by atoms with Crippen LogP contribution in [0.1, 0.15) is 27.0 Å². The molecule has 110 valence electrons. The van der Waals surface area contributed by atoms with Crippen molar-refractivity contribution >= 4 is 16.8 Å². The second-order valence-corrected chi connectivity index (χ2v) is 6.26. The van der Waals surface area contributed by atoms with Gasteiger partial charge in [0.05, 0.1) is 12.7 Å². The highest BCUT2D eigenvalue weighted by atomic mass is 32.2. The minimum atomic E-state index is -1.07. The van der Waals surface area contributed by atoms with Gasteiger partial charge in [-0.25, -0.2) is 4.79 Å². The third-order valence-corrected chi connectivity index (χ3v) is 4.58. The van der Waals surface area contributed by atoms with Gasteiger partial charge in [0.2, 0.25) is 0 Å². The predicted octanol–water partition coefficient (Wildman–Crippen LogP) is 3.23. The molecule has 0 N–H and O–H groups in total. The lowest BCUT2D eigenvalue weighted by Gasteiger charge is -2.09. The van der Waals surface area contributed by atoms with Gasteiger partial charge in [-0.05, 0) is 29.7 Å². The first kappa shape index (κ1) is 15.4. The van der Waals surface area contributed by atoms with E-state index in [4.69, 9.17) is 4.74 Å². The van der Waals surface area contributed by atoms with Gasteiger partial charge in [-0.15, -0.1) is 0 Å². The molecular formula is C17H18O3S. The molecule has 0 saturated heterocycles. The van der Waals surface area contributed by atoms with Crippen LogP contribution in [-0.4, -0.2) is 17.3 Å². The molecule has 4 heteroatoms. The third kappa shape index (κ3) is 4.02. The lowest BCUT2D eigenvalue weighted by Crippen LogP contribution is -2.08. The summed E-state index contributed by atoms with van der Waals surface area (Å²) in [6.45, 7) is 2.01. The van der Waals surface area contributed by atoms with Gasteiger partial charge in [-0.1, -0.05) is 42.5 Å². The van der Waals surface area contributed by atoms with Crippen LogP contribution in [0.25, 0.3) is 0 Å². The van der Waals surface area contributed by atoms with Crippen molar-refractivity contribution in [3.63, 3.8) is 0 Å². The van der Waals surface area contributed by atoms with Gasteiger partial charge >= 0.3 is 5.97 Å². The fourth-order valence-corrected chi connectivity index (χ4v) is 3.50. The highest BCUT2D eigenvalue weighted by molar-refractivity contribution is 7.83. The fourth-order valence-electron chi connectivity index (χ4n) is 2.13. The molecule has 0 fully saturated rings. The molecule has 1 unspecified atom stereocenters. The molecule has 0 amide bonds. The molecule has 0 saturated carbocycles. The Morgan fingerprint density at radius 2 is 1.57 bits per heavy atom. The van der Waals surface area contributed by atoms with Crippen LogP contribution in [0.15, 0.2) is 48.5 Å². The molecule has 3 nitrogen and oxygen atoms in total. The van der Waals surface area contributed by atoms with Crippen LogP contribution >= 0.6 is 0 Å². The quantitative estimate of drug-likeness (QED) is 0.796. The third-order valence-electron chi connectivity index (χ3n) is 3.32. The average Bonchev–Trinajstić information content (AvgIpc) is 2.49. The van der Waals surface area contributed by atoms with E-state index in [2.05, 4.69) is 0 Å². The summed E-state index contributed by atoms with van der Waals surface area (Å²) in [4.78, 5) is 11.7. The molecule has 21 heavy (non-hydrogen) atoms. The topological polar surface area (TPSA) is 43.4 Å². The monoisotopic (exact) mass is 302 g/mol. The van der Waals surface area contributed by atoms with Crippen molar-refractivity contribution in [1.82, 2.24) is 0 Å².